The zero-order valence-electron chi connectivity index (χ0n) is 8.95. The summed E-state index contributed by atoms with van der Waals surface area (Å²) >= 11 is 0. The molecule has 0 aromatic carbocycles. The van der Waals surface area contributed by atoms with Crippen LogP contribution >= 0.6 is 0 Å². The molecule has 2 aliphatic carbocycles. The Hall–Kier alpha value is -1.38. The van der Waals surface area contributed by atoms with Crippen molar-refractivity contribution in [2.24, 2.45) is 11.3 Å². The van der Waals surface area contributed by atoms with Gasteiger partial charge in [0.05, 0.1) is 7.11 Å². The van der Waals surface area contributed by atoms with E-state index in [4.69, 9.17) is 4.74 Å². The van der Waals surface area contributed by atoms with Crippen LogP contribution in [0.4, 0.5) is 0 Å². The smallest absolute Gasteiger partial charge is 0.204 e. The molecule has 0 saturated carbocycles. The highest BCUT2D eigenvalue weighted by atomic mass is 16.5. The average Bonchev–Trinajstić information content (AvgIpc) is 2.24. The summed E-state index contributed by atoms with van der Waals surface area (Å²) in [6.45, 7) is 1.85. The molecule has 0 fully saturated rings. The molecule has 0 aliphatic heterocycles. The van der Waals surface area contributed by atoms with Crippen LogP contribution in [0.5, 0.6) is 0 Å². The predicted molar refractivity (Wildman–Crippen MR) is 55.1 cm³/mol. The van der Waals surface area contributed by atoms with Crippen LogP contribution in [0.25, 0.3) is 0 Å². The average molecular weight is 206 g/mol. The number of carbonyl (C=O) groups is 2. The molecular formula is C12H14O3. The lowest BCUT2D eigenvalue weighted by Gasteiger charge is -2.38. The van der Waals surface area contributed by atoms with Crippen LogP contribution in [0.1, 0.15) is 19.8 Å². The van der Waals surface area contributed by atoms with Gasteiger partial charge in [-0.05, 0) is 12.8 Å². The molecule has 0 aromatic heterocycles. The minimum absolute atomic E-state index is 0.0123. The number of allylic oxidation sites excluding steroid dienone is 4. The van der Waals surface area contributed by atoms with Crippen molar-refractivity contribution >= 4 is 11.6 Å². The highest BCUT2D eigenvalue weighted by Crippen LogP contribution is 2.43. The van der Waals surface area contributed by atoms with Crippen LogP contribution in [-0.2, 0) is 14.3 Å². The van der Waals surface area contributed by atoms with Gasteiger partial charge in [-0.1, -0.05) is 19.1 Å². The fourth-order valence-corrected chi connectivity index (χ4v) is 2.37. The maximum absolute atomic E-state index is 12.1. The third-order valence-corrected chi connectivity index (χ3v) is 3.43. The Labute approximate surface area is 88.8 Å². The highest BCUT2D eigenvalue weighted by Gasteiger charge is 2.49. The Bertz CT molecular complexity index is 378. The van der Waals surface area contributed by atoms with Gasteiger partial charge in [0, 0.05) is 17.4 Å². The molecule has 2 aliphatic rings. The van der Waals surface area contributed by atoms with E-state index in [2.05, 4.69) is 0 Å². The molecule has 1 unspecified atom stereocenters. The number of Topliss-reactive ketones (excluding diaryl/α,β-unsaturated/α-hetero) is 1. The lowest BCUT2D eigenvalue weighted by molar-refractivity contribution is -0.139. The van der Waals surface area contributed by atoms with Gasteiger partial charge in [-0.25, -0.2) is 0 Å². The normalized spacial score (nSPS) is 34.8. The van der Waals surface area contributed by atoms with Gasteiger partial charge < -0.3 is 4.74 Å². The zero-order chi connectivity index (χ0) is 11.1. The summed E-state index contributed by atoms with van der Waals surface area (Å²) in [5, 5.41) is 0. The molecule has 0 amide bonds. The van der Waals surface area contributed by atoms with Gasteiger partial charge in [-0.3, -0.25) is 9.59 Å². The molecule has 2 atom stereocenters. The number of hydrogen-bond donors (Lipinski definition) is 0. The van der Waals surface area contributed by atoms with Crippen molar-refractivity contribution in [2.45, 2.75) is 19.8 Å². The number of rotatable bonds is 1. The minimum atomic E-state index is -0.591. The Balaban J connectivity index is 2.46. The van der Waals surface area contributed by atoms with Crippen molar-refractivity contribution in [3.05, 3.63) is 24.0 Å². The molecule has 80 valence electrons. The van der Waals surface area contributed by atoms with Gasteiger partial charge >= 0.3 is 0 Å². The summed E-state index contributed by atoms with van der Waals surface area (Å²) in [5.41, 5.74) is -0.591. The SMILES string of the molecule is COC1=CC(=O)C2CC=CC[C@@]2(C)C1=O. The molecule has 0 heterocycles. The monoisotopic (exact) mass is 206 g/mol. The second kappa shape index (κ2) is 3.33. The van der Waals surface area contributed by atoms with Crippen LogP contribution in [0.2, 0.25) is 0 Å². The Kier molecular flexibility index (Phi) is 2.25. The molecule has 2 rings (SSSR count). The van der Waals surface area contributed by atoms with E-state index in [0.717, 1.165) is 0 Å². The van der Waals surface area contributed by atoms with Gasteiger partial charge in [0.25, 0.3) is 0 Å². The van der Waals surface area contributed by atoms with Gasteiger partial charge in [0.15, 0.2) is 11.5 Å². The van der Waals surface area contributed by atoms with E-state index >= 15 is 0 Å². The maximum atomic E-state index is 12.1. The number of ether oxygens (including phenoxy) is 1. The molecule has 0 radical (unpaired) electrons. The van der Waals surface area contributed by atoms with Gasteiger partial charge in [-0.15, -0.1) is 0 Å². The zero-order valence-corrected chi connectivity index (χ0v) is 8.95. The van der Waals surface area contributed by atoms with Crippen LogP contribution in [0.15, 0.2) is 24.0 Å². The fourth-order valence-electron chi connectivity index (χ4n) is 2.37. The van der Waals surface area contributed by atoms with Crippen LogP contribution in [-0.4, -0.2) is 18.7 Å². The predicted octanol–water partition coefficient (Wildman–Crippen LogP) is 1.64. The van der Waals surface area contributed by atoms with Crippen molar-refractivity contribution in [3.63, 3.8) is 0 Å². The minimum Gasteiger partial charge on any atom is -0.493 e. The van der Waals surface area contributed by atoms with E-state index in [0.29, 0.717) is 12.8 Å². The fraction of sp³-hybridized carbons (Fsp3) is 0.500. The molecule has 0 spiro atoms. The van der Waals surface area contributed by atoms with E-state index in [1.165, 1.54) is 13.2 Å². The molecule has 15 heavy (non-hydrogen) atoms. The Morgan fingerprint density at radius 3 is 2.80 bits per heavy atom. The first kappa shape index (κ1) is 10.1. The quantitative estimate of drug-likeness (QED) is 0.612. The van der Waals surface area contributed by atoms with Crippen LogP contribution < -0.4 is 0 Å². The molecule has 0 bridgehead atoms. The first-order valence-corrected chi connectivity index (χ1v) is 5.09. The summed E-state index contributed by atoms with van der Waals surface area (Å²) in [7, 11) is 1.43. The number of ketones is 2. The second-order valence-corrected chi connectivity index (χ2v) is 4.33. The molecule has 0 N–H and O–H groups in total. The third kappa shape index (κ3) is 1.34. The summed E-state index contributed by atoms with van der Waals surface area (Å²) < 4.78 is 4.95. The number of methoxy groups -OCH3 is 1. The van der Waals surface area contributed by atoms with E-state index in [1.807, 2.05) is 19.1 Å². The number of hydrogen-bond acceptors (Lipinski definition) is 3. The molecule has 3 nitrogen and oxygen atoms in total. The standard InChI is InChI=1S/C12H14O3/c1-12-6-4-3-5-8(12)9(13)7-10(15-2)11(12)14/h3-4,7-8H,5-6H2,1-2H3/t8?,12-/m1/s1. The van der Waals surface area contributed by atoms with Gasteiger partial charge in [0.2, 0.25) is 5.78 Å². The first-order chi connectivity index (χ1) is 7.09. The van der Waals surface area contributed by atoms with Crippen molar-refractivity contribution in [1.82, 2.24) is 0 Å². The van der Waals surface area contributed by atoms with E-state index in [1.54, 1.807) is 0 Å². The molecule has 0 aromatic rings. The Morgan fingerprint density at radius 2 is 2.13 bits per heavy atom. The summed E-state index contributed by atoms with van der Waals surface area (Å²) in [4.78, 5) is 23.9. The van der Waals surface area contributed by atoms with Crippen molar-refractivity contribution in [3.8, 4) is 0 Å². The second-order valence-electron chi connectivity index (χ2n) is 4.33. The largest absolute Gasteiger partial charge is 0.493 e. The van der Waals surface area contributed by atoms with Crippen molar-refractivity contribution in [1.29, 1.82) is 0 Å². The maximum Gasteiger partial charge on any atom is 0.204 e. The van der Waals surface area contributed by atoms with E-state index in [-0.39, 0.29) is 23.2 Å². The first-order valence-electron chi connectivity index (χ1n) is 5.09. The van der Waals surface area contributed by atoms with Crippen molar-refractivity contribution < 1.29 is 14.3 Å². The van der Waals surface area contributed by atoms with Crippen LogP contribution in [0, 0.1) is 11.3 Å². The summed E-state index contributed by atoms with van der Waals surface area (Å²) in [5.74, 6) is -0.0276. The lowest BCUT2D eigenvalue weighted by atomic mass is 9.63. The van der Waals surface area contributed by atoms with Gasteiger partial charge in [-0.2, -0.15) is 0 Å². The Morgan fingerprint density at radius 1 is 1.40 bits per heavy atom. The van der Waals surface area contributed by atoms with Gasteiger partial charge in [0.1, 0.15) is 0 Å². The third-order valence-electron chi connectivity index (χ3n) is 3.43. The topological polar surface area (TPSA) is 43.4 Å². The van der Waals surface area contributed by atoms with E-state index < -0.39 is 5.41 Å². The lowest BCUT2D eigenvalue weighted by Crippen LogP contribution is -2.45. The summed E-state index contributed by atoms with van der Waals surface area (Å²) in [6.07, 6.45) is 6.58. The molecule has 3 heteroatoms. The van der Waals surface area contributed by atoms with Crippen LogP contribution in [0.3, 0.4) is 0 Å². The highest BCUT2D eigenvalue weighted by molar-refractivity contribution is 6.11. The van der Waals surface area contributed by atoms with E-state index in [9.17, 15) is 9.59 Å². The number of carbonyl (C=O) groups excluding carboxylic acids is 2. The molecule has 0 saturated heterocycles. The summed E-state index contributed by atoms with van der Waals surface area (Å²) in [6, 6.07) is 0. The van der Waals surface area contributed by atoms with Crippen molar-refractivity contribution in [2.75, 3.05) is 7.11 Å². The number of fused-ring (bicyclic) bond motifs is 1. The molecular weight excluding hydrogens is 192 g/mol.